The number of nitrogens with zero attached hydrogens (tertiary/aromatic N) is 14. The predicted octanol–water partition coefficient (Wildman–Crippen LogP) is 8.15. The lowest BCUT2D eigenvalue weighted by Gasteiger charge is -2.26. The number of aryl methyl sites for hydroxylation is 6. The molecule has 0 spiro atoms. The minimum Gasteiger partial charge on any atom is -0.379 e. The number of carbonyl (C=O) groups is 3. The molecule has 0 N–H and O–H groups in total. The summed E-state index contributed by atoms with van der Waals surface area (Å²) < 4.78 is 22.2. The number of fused-ring (bicyclic) bond motifs is 3. The summed E-state index contributed by atoms with van der Waals surface area (Å²) in [7, 11) is 10.2. The van der Waals surface area contributed by atoms with E-state index < -0.39 is 0 Å². The molecule has 462 valence electrons. The van der Waals surface area contributed by atoms with Gasteiger partial charge in [0.25, 0.3) is 0 Å². The van der Waals surface area contributed by atoms with Crippen LogP contribution < -0.4 is 17.1 Å². The second-order valence-corrected chi connectivity index (χ2v) is 27.0. The summed E-state index contributed by atoms with van der Waals surface area (Å²) in [5.74, 6) is 2.46. The number of aromatic nitrogens is 12. The van der Waals surface area contributed by atoms with E-state index in [2.05, 4.69) is 18.6 Å². The van der Waals surface area contributed by atoms with Gasteiger partial charge in [-0.25, -0.2) is 29.3 Å². The first-order chi connectivity index (χ1) is 41.6. The highest BCUT2D eigenvalue weighted by Gasteiger charge is 2.29. The van der Waals surface area contributed by atoms with E-state index in [1.807, 2.05) is 68.1 Å². The topological polar surface area (TPSA) is 201 Å². The van der Waals surface area contributed by atoms with Crippen LogP contribution in [0.25, 0.3) is 33.5 Å². The molecule has 0 bridgehead atoms. The average Bonchev–Trinajstić information content (AvgIpc) is 3.81. The van der Waals surface area contributed by atoms with Gasteiger partial charge in [-0.3, -0.25) is 46.7 Å². The molecule has 4 aliphatic rings. The third kappa shape index (κ3) is 14.0. The lowest BCUT2D eigenvalue weighted by atomic mass is 10.0. The van der Waals surface area contributed by atoms with E-state index in [4.69, 9.17) is 56.3 Å². The number of ether oxygens (including phenoxy) is 1. The number of ketones is 2. The third-order valence-corrected chi connectivity index (χ3v) is 20.8. The summed E-state index contributed by atoms with van der Waals surface area (Å²) in [4.78, 5) is 93.7. The van der Waals surface area contributed by atoms with Gasteiger partial charge in [0.1, 0.15) is 30.5 Å². The second-order valence-electron chi connectivity index (χ2n) is 23.0. The smallest absolute Gasteiger partial charge is 0.330 e. The van der Waals surface area contributed by atoms with Crippen LogP contribution in [0.5, 0.6) is 0 Å². The van der Waals surface area contributed by atoms with Crippen molar-refractivity contribution in [3.05, 3.63) is 116 Å². The molecular weight excluding hydrogens is 1220 g/mol. The minimum absolute atomic E-state index is 0.0415. The van der Waals surface area contributed by atoms with Crippen molar-refractivity contribution in [1.82, 2.24) is 65.9 Å². The van der Waals surface area contributed by atoms with Crippen LogP contribution >= 0.6 is 71.9 Å². The Hall–Kier alpha value is -6.07. The zero-order chi connectivity index (χ0) is 62.1. The maximum Gasteiger partial charge on any atom is 0.330 e. The largest absolute Gasteiger partial charge is 0.379 e. The van der Waals surface area contributed by atoms with Crippen LogP contribution in [-0.2, 0) is 71.5 Å². The molecule has 4 fully saturated rings. The Morgan fingerprint density at radius 1 is 0.529 bits per heavy atom. The number of carbonyl (C=O) groups excluding carboxylic acids is 3. The summed E-state index contributed by atoms with van der Waals surface area (Å²) in [6.45, 7) is 14.1. The standard InChI is InChI=1S/C22H27N5O3S2.C21H24N4O2S2.C17H23N5O2S2/c1-15-4-6-16(7-5-15)17(28)14-32-21-23-19-18(20(31)25(3)22(29)24(19)2)27(21)9-8-26-10-12-30-13-11-26;1-12-5-8-15(13(2)9-12)16(26)11-29-20-22-18-17(25(20)10-14-6-7-14)19(28)24(4)21(27)23(18)3;1-19-14-13(15(25)20(2)17(19)24)22(9-11-5-6-11)16(18-14)26-10-12(23)21-7-3-4-8-21/h4-7H,8-14H2,1-3H3;5,8-9,14H,6-7,10-11H2,1-4H3;11H,3-10H2,1-2H3. The molecule has 1 amide bonds. The fraction of sp³-hybridized carbons (Fsp3) is 0.500. The number of likely N-dealkylation sites (tertiary alicyclic amines) is 1. The van der Waals surface area contributed by atoms with Gasteiger partial charge >= 0.3 is 17.1 Å². The summed E-state index contributed by atoms with van der Waals surface area (Å²) >= 11 is 21.0. The number of hydrogen-bond acceptors (Lipinski definition) is 17. The van der Waals surface area contributed by atoms with Crippen molar-refractivity contribution in [2.45, 2.75) is 94.4 Å². The van der Waals surface area contributed by atoms with Crippen molar-refractivity contribution in [2.75, 3.05) is 63.2 Å². The van der Waals surface area contributed by atoms with Crippen LogP contribution in [0, 0.1) is 46.5 Å². The van der Waals surface area contributed by atoms with Gasteiger partial charge < -0.3 is 23.3 Å². The number of thioether (sulfide) groups is 3. The summed E-state index contributed by atoms with van der Waals surface area (Å²) in [5, 5.41) is 2.23. The van der Waals surface area contributed by atoms with Crippen molar-refractivity contribution < 1.29 is 19.1 Å². The highest BCUT2D eigenvalue weighted by molar-refractivity contribution is 8.00. The van der Waals surface area contributed by atoms with Crippen molar-refractivity contribution in [2.24, 2.45) is 54.1 Å². The Bertz CT molecular complexity index is 4360. The molecule has 0 unspecified atom stereocenters. The second kappa shape index (κ2) is 27.4. The molecule has 87 heavy (non-hydrogen) atoms. The Morgan fingerprint density at radius 2 is 0.954 bits per heavy atom. The fourth-order valence-electron chi connectivity index (χ4n) is 10.8. The van der Waals surface area contributed by atoms with Crippen molar-refractivity contribution >= 4 is 123 Å². The van der Waals surface area contributed by atoms with Crippen LogP contribution in [-0.4, -0.2) is 147 Å². The summed E-state index contributed by atoms with van der Waals surface area (Å²) in [6, 6.07) is 13.5. The first-order valence-electron chi connectivity index (χ1n) is 29.3. The monoisotopic (exact) mass is 1290 g/mol. The lowest BCUT2D eigenvalue weighted by molar-refractivity contribution is -0.127. The van der Waals surface area contributed by atoms with Gasteiger partial charge in [0.05, 0.1) is 30.5 Å². The molecule has 6 aromatic heterocycles. The quantitative estimate of drug-likeness (QED) is 0.0452. The SMILES string of the molecule is Cc1ccc(C(=O)CSc2nc3c(c(=S)n(C)c(=O)n3C)n2CC2CC2)c(C)c1.Cc1ccc(C(=O)CSc2nc3c(c(=S)n(C)c(=O)n3C)n2CCN2CCOCC2)cc1.Cn1c(=S)c2c(nc(SCC(=O)N3CCCC3)n2CC2CC2)n(C)c1=O. The average molecular weight is 1300 g/mol. The number of morpholine rings is 1. The molecule has 8 aromatic rings. The van der Waals surface area contributed by atoms with Crippen LogP contribution in [0.15, 0.2) is 72.3 Å². The molecule has 2 aliphatic carbocycles. The number of amides is 1. The minimum atomic E-state index is -0.215. The normalized spacial score (nSPS) is 15.3. The van der Waals surface area contributed by atoms with Crippen molar-refractivity contribution in [3.63, 3.8) is 0 Å². The highest BCUT2D eigenvalue weighted by Crippen LogP contribution is 2.36. The molecule has 21 nitrogen and oxygen atoms in total. The lowest BCUT2D eigenvalue weighted by Crippen LogP contribution is -2.38. The number of Topliss-reactive ketones (excluding diaryl/α,β-unsaturated/α-hetero) is 2. The van der Waals surface area contributed by atoms with E-state index in [1.165, 1.54) is 83.8 Å². The van der Waals surface area contributed by atoms with E-state index in [-0.39, 0.29) is 40.3 Å². The number of benzene rings is 2. The summed E-state index contributed by atoms with van der Waals surface area (Å²) in [5.41, 5.74) is 8.21. The Kier molecular flexibility index (Phi) is 20.1. The first-order valence-corrected chi connectivity index (χ1v) is 33.4. The molecule has 0 radical (unpaired) electrons. The molecule has 8 heterocycles. The molecule has 2 saturated carbocycles. The number of rotatable bonds is 18. The van der Waals surface area contributed by atoms with Gasteiger partial charge in [0, 0.05) is 106 Å². The van der Waals surface area contributed by atoms with Gasteiger partial charge in [0.2, 0.25) is 5.91 Å². The Balaban J connectivity index is 0.000000145. The molecule has 12 rings (SSSR count). The van der Waals surface area contributed by atoms with Gasteiger partial charge in [-0.1, -0.05) is 126 Å². The number of imidazole rings is 3. The molecule has 27 heteroatoms. The maximum atomic E-state index is 12.8. The molecule has 2 aliphatic heterocycles. The van der Waals surface area contributed by atoms with Gasteiger partial charge in [0.15, 0.2) is 44.0 Å². The van der Waals surface area contributed by atoms with Gasteiger partial charge in [-0.2, -0.15) is 0 Å². The van der Waals surface area contributed by atoms with Crippen molar-refractivity contribution in [1.29, 1.82) is 0 Å². The van der Waals surface area contributed by atoms with E-state index >= 15 is 0 Å². The van der Waals surface area contributed by atoms with E-state index in [0.29, 0.717) is 71.5 Å². The number of hydrogen-bond donors (Lipinski definition) is 0. The first kappa shape index (κ1) is 63.9. The Morgan fingerprint density at radius 3 is 1.41 bits per heavy atom. The van der Waals surface area contributed by atoms with Crippen LogP contribution in [0.4, 0.5) is 0 Å². The summed E-state index contributed by atoms with van der Waals surface area (Å²) in [6.07, 6.45) is 6.98. The molecule has 0 atom stereocenters. The van der Waals surface area contributed by atoms with E-state index in [0.717, 1.165) is 121 Å². The van der Waals surface area contributed by atoms with Gasteiger partial charge in [-0.15, -0.1) is 0 Å². The molecule has 2 aromatic carbocycles. The third-order valence-electron chi connectivity index (χ3n) is 16.5. The van der Waals surface area contributed by atoms with Crippen LogP contribution in [0.3, 0.4) is 0 Å². The van der Waals surface area contributed by atoms with Crippen LogP contribution in [0.1, 0.15) is 75.9 Å². The fourth-order valence-corrected chi connectivity index (χ4v) is 14.4. The van der Waals surface area contributed by atoms with Gasteiger partial charge in [-0.05, 0) is 76.7 Å². The molecule has 2 saturated heterocycles. The Labute approximate surface area is 531 Å². The van der Waals surface area contributed by atoms with E-state index in [9.17, 15) is 28.8 Å². The zero-order valence-corrected chi connectivity index (χ0v) is 55.6. The van der Waals surface area contributed by atoms with Crippen molar-refractivity contribution in [3.8, 4) is 0 Å². The zero-order valence-electron chi connectivity index (χ0n) is 50.7. The van der Waals surface area contributed by atoms with Crippen LogP contribution in [0.2, 0.25) is 0 Å². The maximum absolute atomic E-state index is 12.8. The predicted molar refractivity (Wildman–Crippen MR) is 351 cm³/mol. The molecular formula is C60H74N14O7S6. The highest BCUT2D eigenvalue weighted by atomic mass is 32.2. The van der Waals surface area contributed by atoms with E-state index in [1.54, 1.807) is 46.9 Å².